The molecule has 0 aliphatic rings. The Morgan fingerprint density at radius 3 is 2.53 bits per heavy atom. The van der Waals surface area contributed by atoms with Gasteiger partial charge in [0.15, 0.2) is 5.78 Å². The van der Waals surface area contributed by atoms with Gasteiger partial charge in [-0.25, -0.2) is 0 Å². The first kappa shape index (κ1) is 14.8. The van der Waals surface area contributed by atoms with Crippen LogP contribution in [0.4, 0.5) is 0 Å². The van der Waals surface area contributed by atoms with Gasteiger partial charge in [-0.3, -0.25) is 9.36 Å². The van der Waals surface area contributed by atoms with Crippen LogP contribution in [0.5, 0.6) is 0 Å². The van der Waals surface area contributed by atoms with Crippen molar-refractivity contribution in [2.45, 2.75) is 26.2 Å². The van der Waals surface area contributed by atoms with Gasteiger partial charge in [-0.1, -0.05) is 19.8 Å². The van der Waals surface area contributed by atoms with E-state index in [-0.39, 0.29) is 18.6 Å². The SMILES string of the molecule is CCCCCOCC(=O)CP(C)(=O)OC. The third kappa shape index (κ3) is 8.79. The van der Waals surface area contributed by atoms with Crippen molar-refractivity contribution in [2.75, 3.05) is 33.2 Å². The molecule has 0 saturated heterocycles. The number of carbonyl (C=O) groups is 1. The van der Waals surface area contributed by atoms with Crippen molar-refractivity contribution in [3.05, 3.63) is 0 Å². The molecule has 0 spiro atoms. The molecule has 0 heterocycles. The van der Waals surface area contributed by atoms with Crippen molar-refractivity contribution in [3.63, 3.8) is 0 Å². The van der Waals surface area contributed by atoms with Gasteiger partial charge in [-0.2, -0.15) is 0 Å². The lowest BCUT2D eigenvalue weighted by Crippen LogP contribution is -2.14. The van der Waals surface area contributed by atoms with Crippen LogP contribution in [0, 0.1) is 0 Å². The number of unbranched alkanes of at least 4 members (excludes halogenated alkanes) is 2. The number of hydrogen-bond acceptors (Lipinski definition) is 4. The minimum absolute atomic E-state index is 0.0305. The highest BCUT2D eigenvalue weighted by Crippen LogP contribution is 2.40. The van der Waals surface area contributed by atoms with E-state index in [1.54, 1.807) is 0 Å². The lowest BCUT2D eigenvalue weighted by Gasteiger charge is -2.09. The second-order valence-corrected chi connectivity index (χ2v) is 6.36. The van der Waals surface area contributed by atoms with Gasteiger partial charge in [0.1, 0.15) is 6.61 Å². The fraction of sp³-hybridized carbons (Fsp3) is 0.900. The monoisotopic (exact) mass is 236 g/mol. The number of ether oxygens (including phenoxy) is 1. The molecule has 0 amide bonds. The third-order valence-electron chi connectivity index (χ3n) is 2.01. The van der Waals surface area contributed by atoms with Crippen molar-refractivity contribution >= 4 is 13.2 Å². The zero-order valence-corrected chi connectivity index (χ0v) is 10.7. The standard InChI is InChI=1S/C10H21O4P/c1-4-5-6-7-14-8-10(11)9-15(3,12)13-2/h4-9H2,1-3H3. The van der Waals surface area contributed by atoms with E-state index >= 15 is 0 Å². The molecule has 1 unspecified atom stereocenters. The van der Waals surface area contributed by atoms with Gasteiger partial charge in [-0.05, 0) is 6.42 Å². The summed E-state index contributed by atoms with van der Waals surface area (Å²) in [6.45, 7) is 4.21. The van der Waals surface area contributed by atoms with Gasteiger partial charge < -0.3 is 9.26 Å². The van der Waals surface area contributed by atoms with Crippen LogP contribution in [0.25, 0.3) is 0 Å². The highest BCUT2D eigenvalue weighted by molar-refractivity contribution is 7.59. The lowest BCUT2D eigenvalue weighted by atomic mass is 10.3. The molecule has 0 rings (SSSR count). The highest BCUT2D eigenvalue weighted by Gasteiger charge is 2.18. The second kappa shape index (κ2) is 8.03. The van der Waals surface area contributed by atoms with E-state index in [1.165, 1.54) is 13.8 Å². The molecule has 15 heavy (non-hydrogen) atoms. The quantitative estimate of drug-likeness (QED) is 0.455. The van der Waals surface area contributed by atoms with Gasteiger partial charge in [0, 0.05) is 20.4 Å². The molecule has 0 aromatic heterocycles. The van der Waals surface area contributed by atoms with E-state index in [1.807, 2.05) is 0 Å². The summed E-state index contributed by atoms with van der Waals surface area (Å²) < 4.78 is 21.3. The topological polar surface area (TPSA) is 52.6 Å². The summed E-state index contributed by atoms with van der Waals surface area (Å²) in [6.07, 6.45) is 3.18. The molecule has 0 aromatic rings. The van der Waals surface area contributed by atoms with Crippen molar-refractivity contribution in [3.8, 4) is 0 Å². The molecule has 0 radical (unpaired) electrons. The van der Waals surface area contributed by atoms with Crippen LogP contribution >= 0.6 is 7.37 Å². The third-order valence-corrected chi connectivity index (χ3v) is 3.70. The molecule has 5 heteroatoms. The summed E-state index contributed by atoms with van der Waals surface area (Å²) in [5.41, 5.74) is 0. The van der Waals surface area contributed by atoms with E-state index in [9.17, 15) is 9.36 Å². The summed E-state index contributed by atoms with van der Waals surface area (Å²) in [6, 6.07) is 0. The maximum Gasteiger partial charge on any atom is 0.207 e. The minimum Gasteiger partial charge on any atom is -0.374 e. The Hall–Kier alpha value is -0.180. The number of ketones is 1. The predicted molar refractivity (Wildman–Crippen MR) is 60.8 cm³/mol. The summed E-state index contributed by atoms with van der Waals surface area (Å²) in [4.78, 5) is 11.3. The maximum atomic E-state index is 11.4. The molecule has 4 nitrogen and oxygen atoms in total. The van der Waals surface area contributed by atoms with Crippen LogP contribution in [0.3, 0.4) is 0 Å². The summed E-state index contributed by atoms with van der Waals surface area (Å²) in [7, 11) is -1.36. The summed E-state index contributed by atoms with van der Waals surface area (Å²) >= 11 is 0. The predicted octanol–water partition coefficient (Wildman–Crippen LogP) is 2.32. The van der Waals surface area contributed by atoms with Crippen LogP contribution in [0.2, 0.25) is 0 Å². The molecule has 0 aliphatic heterocycles. The first-order chi connectivity index (χ1) is 7.02. The van der Waals surface area contributed by atoms with E-state index in [4.69, 9.17) is 9.26 Å². The van der Waals surface area contributed by atoms with Crippen LogP contribution in [-0.2, 0) is 18.6 Å². The number of hydrogen-bond donors (Lipinski definition) is 0. The van der Waals surface area contributed by atoms with E-state index in [0.717, 1.165) is 19.3 Å². The molecule has 0 aliphatic carbocycles. The zero-order valence-electron chi connectivity index (χ0n) is 9.82. The molecule has 0 aromatic carbocycles. The summed E-state index contributed by atoms with van der Waals surface area (Å²) in [5, 5.41) is 0. The Bertz CT molecular complexity index is 227. The zero-order chi connectivity index (χ0) is 11.7. The first-order valence-corrected chi connectivity index (χ1v) is 7.49. The van der Waals surface area contributed by atoms with Crippen LogP contribution < -0.4 is 0 Å². The van der Waals surface area contributed by atoms with E-state index in [2.05, 4.69) is 6.92 Å². The van der Waals surface area contributed by atoms with Crippen molar-refractivity contribution in [1.82, 2.24) is 0 Å². The number of Topliss-reactive ketones (excluding diaryl/α,β-unsaturated/α-hetero) is 1. The molecular weight excluding hydrogens is 215 g/mol. The van der Waals surface area contributed by atoms with Gasteiger partial charge in [0.05, 0.1) is 6.16 Å². The minimum atomic E-state index is -2.72. The lowest BCUT2D eigenvalue weighted by molar-refractivity contribution is -0.121. The van der Waals surface area contributed by atoms with Crippen molar-refractivity contribution in [1.29, 1.82) is 0 Å². The number of rotatable bonds is 9. The molecule has 0 saturated carbocycles. The van der Waals surface area contributed by atoms with Crippen molar-refractivity contribution < 1.29 is 18.6 Å². The maximum absolute atomic E-state index is 11.4. The Balaban J connectivity index is 3.54. The second-order valence-electron chi connectivity index (χ2n) is 3.65. The van der Waals surface area contributed by atoms with Gasteiger partial charge >= 0.3 is 0 Å². The fourth-order valence-corrected chi connectivity index (χ4v) is 1.93. The Morgan fingerprint density at radius 1 is 1.33 bits per heavy atom. The highest BCUT2D eigenvalue weighted by atomic mass is 31.2. The van der Waals surface area contributed by atoms with E-state index in [0.29, 0.717) is 6.61 Å². The average Bonchev–Trinajstić information content (AvgIpc) is 2.17. The Kier molecular flexibility index (Phi) is 7.93. The Labute approximate surface area is 91.8 Å². The smallest absolute Gasteiger partial charge is 0.207 e. The van der Waals surface area contributed by atoms with Crippen LogP contribution in [0.1, 0.15) is 26.2 Å². The van der Waals surface area contributed by atoms with E-state index < -0.39 is 7.37 Å². The summed E-state index contributed by atoms with van der Waals surface area (Å²) in [5.74, 6) is -0.154. The average molecular weight is 236 g/mol. The molecule has 0 fully saturated rings. The van der Waals surface area contributed by atoms with Gasteiger partial charge in [-0.15, -0.1) is 0 Å². The van der Waals surface area contributed by atoms with Gasteiger partial charge in [0.25, 0.3) is 0 Å². The number of carbonyl (C=O) groups excluding carboxylic acids is 1. The normalized spacial score (nSPS) is 14.9. The Morgan fingerprint density at radius 2 is 2.00 bits per heavy atom. The molecule has 1 atom stereocenters. The van der Waals surface area contributed by atoms with Crippen LogP contribution in [-0.4, -0.2) is 38.9 Å². The van der Waals surface area contributed by atoms with Crippen LogP contribution in [0.15, 0.2) is 0 Å². The van der Waals surface area contributed by atoms with Gasteiger partial charge in [0.2, 0.25) is 7.37 Å². The van der Waals surface area contributed by atoms with Crippen molar-refractivity contribution in [2.24, 2.45) is 0 Å². The molecule has 0 N–H and O–H groups in total. The first-order valence-electron chi connectivity index (χ1n) is 5.23. The fourth-order valence-electron chi connectivity index (χ4n) is 1.07. The largest absolute Gasteiger partial charge is 0.374 e. The molecular formula is C10H21O4P. The molecule has 0 bridgehead atoms. The molecule has 90 valence electrons.